The van der Waals surface area contributed by atoms with Gasteiger partial charge in [0.2, 0.25) is 5.91 Å². The van der Waals surface area contributed by atoms with Crippen LogP contribution < -0.4 is 10.1 Å². The molecule has 0 aliphatic carbocycles. The Labute approximate surface area is 130 Å². The molecule has 0 fully saturated rings. The van der Waals surface area contributed by atoms with Crippen molar-refractivity contribution in [2.45, 2.75) is 26.0 Å². The third kappa shape index (κ3) is 6.80. The maximum atomic E-state index is 11.9. The van der Waals surface area contributed by atoms with E-state index in [4.69, 9.17) is 16.3 Å². The third-order valence-corrected chi connectivity index (χ3v) is 3.02. The van der Waals surface area contributed by atoms with Gasteiger partial charge in [-0.05, 0) is 39.1 Å². The molecule has 0 spiro atoms. The number of nitrogens with zero attached hydrogens (tertiary/aromatic N) is 1. The third-order valence-electron chi connectivity index (χ3n) is 2.79. The average Bonchev–Trinajstić information content (AvgIpc) is 2.34. The van der Waals surface area contributed by atoms with Crippen LogP contribution in [-0.2, 0) is 11.3 Å². The minimum atomic E-state index is -0.828. The SMILES string of the molecule is COc1ccc(Cl)cc1CNC(=O)CN(C)CC(C)(C)O. The van der Waals surface area contributed by atoms with Crippen molar-refractivity contribution in [2.75, 3.05) is 27.2 Å². The van der Waals surface area contributed by atoms with Crippen molar-refractivity contribution >= 4 is 17.5 Å². The molecule has 0 aliphatic heterocycles. The Morgan fingerprint density at radius 1 is 1.48 bits per heavy atom. The van der Waals surface area contributed by atoms with Crippen LogP contribution in [0.15, 0.2) is 18.2 Å². The molecule has 1 rings (SSSR count). The Balaban J connectivity index is 2.52. The molecular formula is C15H23ClN2O3. The van der Waals surface area contributed by atoms with Crippen LogP contribution in [0.3, 0.4) is 0 Å². The summed E-state index contributed by atoms with van der Waals surface area (Å²) in [7, 11) is 3.36. The summed E-state index contributed by atoms with van der Waals surface area (Å²) >= 11 is 5.94. The second kappa shape index (κ2) is 7.64. The van der Waals surface area contributed by atoms with E-state index < -0.39 is 5.60 Å². The number of hydrogen-bond donors (Lipinski definition) is 2. The van der Waals surface area contributed by atoms with Crippen molar-refractivity contribution in [3.8, 4) is 5.75 Å². The molecule has 21 heavy (non-hydrogen) atoms. The first-order valence-corrected chi connectivity index (χ1v) is 7.09. The van der Waals surface area contributed by atoms with Crippen molar-refractivity contribution in [2.24, 2.45) is 0 Å². The molecule has 1 aromatic carbocycles. The highest BCUT2D eigenvalue weighted by atomic mass is 35.5. The van der Waals surface area contributed by atoms with Crippen LogP contribution in [0.2, 0.25) is 5.02 Å². The lowest BCUT2D eigenvalue weighted by Gasteiger charge is -2.24. The summed E-state index contributed by atoms with van der Waals surface area (Å²) in [4.78, 5) is 13.7. The maximum Gasteiger partial charge on any atom is 0.234 e. The highest BCUT2D eigenvalue weighted by Gasteiger charge is 2.17. The van der Waals surface area contributed by atoms with Crippen molar-refractivity contribution in [3.63, 3.8) is 0 Å². The number of ether oxygens (including phenoxy) is 1. The molecule has 0 aliphatic rings. The quantitative estimate of drug-likeness (QED) is 0.803. The Hall–Kier alpha value is -1.30. The molecule has 0 unspecified atom stereocenters. The Morgan fingerprint density at radius 3 is 2.71 bits per heavy atom. The van der Waals surface area contributed by atoms with Gasteiger partial charge in [0.1, 0.15) is 5.75 Å². The minimum Gasteiger partial charge on any atom is -0.496 e. The number of amides is 1. The van der Waals surface area contributed by atoms with Gasteiger partial charge in [-0.3, -0.25) is 9.69 Å². The molecule has 0 heterocycles. The van der Waals surface area contributed by atoms with Crippen LogP contribution in [0.25, 0.3) is 0 Å². The maximum absolute atomic E-state index is 11.9. The molecule has 0 radical (unpaired) electrons. The van der Waals surface area contributed by atoms with Gasteiger partial charge in [-0.1, -0.05) is 11.6 Å². The molecule has 118 valence electrons. The second-order valence-electron chi connectivity index (χ2n) is 5.72. The summed E-state index contributed by atoms with van der Waals surface area (Å²) in [5, 5.41) is 13.1. The van der Waals surface area contributed by atoms with E-state index in [1.54, 1.807) is 51.1 Å². The lowest BCUT2D eigenvalue weighted by atomic mass is 10.1. The summed E-state index contributed by atoms with van der Waals surface area (Å²) in [6.45, 7) is 4.39. The number of likely N-dealkylation sites (N-methyl/N-ethyl adjacent to an activating group) is 1. The van der Waals surface area contributed by atoms with Crippen molar-refractivity contribution < 1.29 is 14.6 Å². The molecular weight excluding hydrogens is 292 g/mol. The molecule has 1 amide bonds. The van der Waals surface area contributed by atoms with Crippen molar-refractivity contribution in [1.29, 1.82) is 0 Å². The molecule has 2 N–H and O–H groups in total. The number of carbonyl (C=O) groups excluding carboxylic acids is 1. The van der Waals surface area contributed by atoms with Crippen LogP contribution in [0.1, 0.15) is 19.4 Å². The van der Waals surface area contributed by atoms with Gasteiger partial charge in [0.05, 0.1) is 19.3 Å². The van der Waals surface area contributed by atoms with E-state index in [1.807, 2.05) is 0 Å². The predicted molar refractivity (Wildman–Crippen MR) is 83.6 cm³/mol. The number of methoxy groups -OCH3 is 1. The first kappa shape index (κ1) is 17.8. The molecule has 0 saturated carbocycles. The summed E-state index contributed by atoms with van der Waals surface area (Å²) in [6.07, 6.45) is 0. The zero-order valence-corrected chi connectivity index (χ0v) is 13.7. The number of hydrogen-bond acceptors (Lipinski definition) is 4. The van der Waals surface area contributed by atoms with Gasteiger partial charge in [-0.2, -0.15) is 0 Å². The topological polar surface area (TPSA) is 61.8 Å². The van der Waals surface area contributed by atoms with Crippen LogP contribution in [0.5, 0.6) is 5.75 Å². The zero-order valence-electron chi connectivity index (χ0n) is 12.9. The molecule has 0 aromatic heterocycles. The normalized spacial score (nSPS) is 11.6. The van der Waals surface area contributed by atoms with Crippen LogP contribution in [0, 0.1) is 0 Å². The number of nitrogens with one attached hydrogen (secondary N) is 1. The van der Waals surface area contributed by atoms with Gasteiger partial charge >= 0.3 is 0 Å². The molecule has 5 nitrogen and oxygen atoms in total. The van der Waals surface area contributed by atoms with Gasteiger partial charge in [0.15, 0.2) is 0 Å². The number of aliphatic hydroxyl groups is 1. The Kier molecular flexibility index (Phi) is 6.45. The van der Waals surface area contributed by atoms with E-state index in [9.17, 15) is 9.90 Å². The minimum absolute atomic E-state index is 0.122. The molecule has 0 atom stereocenters. The fraction of sp³-hybridized carbons (Fsp3) is 0.533. The number of benzene rings is 1. The van der Waals surface area contributed by atoms with Gasteiger partial charge in [0.25, 0.3) is 0 Å². The van der Waals surface area contributed by atoms with Gasteiger partial charge in [-0.15, -0.1) is 0 Å². The molecule has 1 aromatic rings. The Morgan fingerprint density at radius 2 is 2.14 bits per heavy atom. The van der Waals surface area contributed by atoms with E-state index in [2.05, 4.69) is 5.32 Å². The van der Waals surface area contributed by atoms with Crippen molar-refractivity contribution in [3.05, 3.63) is 28.8 Å². The summed E-state index contributed by atoms with van der Waals surface area (Å²) in [5.41, 5.74) is -0.00549. The van der Waals surface area contributed by atoms with Gasteiger partial charge < -0.3 is 15.2 Å². The van der Waals surface area contributed by atoms with E-state index in [1.165, 1.54) is 0 Å². The van der Waals surface area contributed by atoms with E-state index in [0.29, 0.717) is 23.9 Å². The second-order valence-corrected chi connectivity index (χ2v) is 6.15. The number of carbonyl (C=O) groups is 1. The Bertz CT molecular complexity index is 486. The van der Waals surface area contributed by atoms with Gasteiger partial charge in [-0.25, -0.2) is 0 Å². The first-order chi connectivity index (χ1) is 9.71. The van der Waals surface area contributed by atoms with Crippen LogP contribution in [-0.4, -0.2) is 48.8 Å². The fourth-order valence-electron chi connectivity index (χ4n) is 2.10. The summed E-state index contributed by atoms with van der Waals surface area (Å²) in [6, 6.07) is 5.27. The smallest absolute Gasteiger partial charge is 0.234 e. The fourth-order valence-corrected chi connectivity index (χ4v) is 2.29. The van der Waals surface area contributed by atoms with Crippen molar-refractivity contribution in [1.82, 2.24) is 10.2 Å². The number of rotatable bonds is 7. The molecule has 0 saturated heterocycles. The summed E-state index contributed by atoms with van der Waals surface area (Å²) in [5.74, 6) is 0.563. The zero-order chi connectivity index (χ0) is 16.0. The van der Waals surface area contributed by atoms with E-state index >= 15 is 0 Å². The van der Waals surface area contributed by atoms with Gasteiger partial charge in [0, 0.05) is 23.7 Å². The monoisotopic (exact) mass is 314 g/mol. The first-order valence-electron chi connectivity index (χ1n) is 6.71. The van der Waals surface area contributed by atoms with E-state index in [0.717, 1.165) is 5.56 Å². The highest BCUT2D eigenvalue weighted by Crippen LogP contribution is 2.22. The summed E-state index contributed by atoms with van der Waals surface area (Å²) < 4.78 is 5.23. The van der Waals surface area contributed by atoms with Crippen LogP contribution in [0.4, 0.5) is 0 Å². The molecule has 0 bridgehead atoms. The number of halogens is 1. The average molecular weight is 315 g/mol. The molecule has 6 heteroatoms. The van der Waals surface area contributed by atoms with E-state index in [-0.39, 0.29) is 12.5 Å². The lowest BCUT2D eigenvalue weighted by Crippen LogP contribution is -2.41. The lowest BCUT2D eigenvalue weighted by molar-refractivity contribution is -0.122. The van der Waals surface area contributed by atoms with Crippen LogP contribution >= 0.6 is 11.6 Å². The standard InChI is InChI=1S/C15H23ClN2O3/c1-15(2,20)10-18(3)9-14(19)17-8-11-7-12(16)5-6-13(11)21-4/h5-7,20H,8-10H2,1-4H3,(H,17,19). The highest BCUT2D eigenvalue weighted by molar-refractivity contribution is 6.30. The predicted octanol–water partition coefficient (Wildman–Crippen LogP) is 1.67. The largest absolute Gasteiger partial charge is 0.496 e.